The maximum atomic E-state index is 12.1. The van der Waals surface area contributed by atoms with E-state index in [1.807, 2.05) is 66.7 Å². The number of aromatic nitrogens is 1. The van der Waals surface area contributed by atoms with Crippen LogP contribution in [0.25, 0.3) is 5.57 Å². The molecule has 0 saturated carbocycles. The molecule has 0 radical (unpaired) electrons. The third-order valence-corrected chi connectivity index (χ3v) is 4.26. The molecule has 0 spiro atoms. The van der Waals surface area contributed by atoms with Crippen molar-refractivity contribution in [1.29, 1.82) is 0 Å². The summed E-state index contributed by atoms with van der Waals surface area (Å²) in [4.78, 5) is 16.4. The minimum Gasteiger partial charge on any atom is -0.503 e. The lowest BCUT2D eigenvalue weighted by atomic mass is 10.0. The van der Waals surface area contributed by atoms with Crippen LogP contribution in [0.15, 0.2) is 79.2 Å². The molecule has 0 amide bonds. The molecule has 0 fully saturated rings. The summed E-state index contributed by atoms with van der Waals surface area (Å²) >= 11 is 0. The first-order valence-electron chi connectivity index (χ1n) is 9.36. The summed E-state index contributed by atoms with van der Waals surface area (Å²) in [5.74, 6) is 0.855. The van der Waals surface area contributed by atoms with Crippen LogP contribution in [0.5, 0.6) is 11.5 Å². The van der Waals surface area contributed by atoms with Crippen LogP contribution < -0.4 is 9.47 Å². The van der Waals surface area contributed by atoms with E-state index in [1.165, 1.54) is 20.5 Å². The van der Waals surface area contributed by atoms with Crippen molar-refractivity contribution in [2.75, 3.05) is 14.2 Å². The van der Waals surface area contributed by atoms with Crippen LogP contribution in [0.4, 0.5) is 0 Å². The number of pyridine rings is 1. The molecule has 1 heterocycles. The zero-order valence-corrected chi connectivity index (χ0v) is 16.9. The SMILES string of the molecule is COC=C(C(=O)OC)c1ccccc1COc1cccc(OCc2ccccn2)c1. The molecular weight excluding hydrogens is 382 g/mol. The molecule has 0 aliphatic heterocycles. The Balaban J connectivity index is 1.70. The van der Waals surface area contributed by atoms with E-state index in [0.717, 1.165) is 11.3 Å². The van der Waals surface area contributed by atoms with Crippen LogP contribution in [-0.2, 0) is 27.5 Å². The number of hydrogen-bond donors (Lipinski definition) is 0. The van der Waals surface area contributed by atoms with Crippen LogP contribution in [0.1, 0.15) is 16.8 Å². The highest BCUT2D eigenvalue weighted by atomic mass is 16.5. The summed E-state index contributed by atoms with van der Waals surface area (Å²) in [5.41, 5.74) is 2.68. The molecule has 3 rings (SSSR count). The molecule has 6 heteroatoms. The first kappa shape index (κ1) is 20.9. The molecule has 2 aromatic carbocycles. The fraction of sp³-hybridized carbons (Fsp3) is 0.167. The maximum Gasteiger partial charge on any atom is 0.341 e. The third kappa shape index (κ3) is 5.61. The standard InChI is InChI=1S/C24H23NO5/c1-27-17-23(24(26)28-2)22-12-4-3-8-18(22)15-29-20-10-7-11-21(14-20)30-16-19-9-5-6-13-25-19/h3-14,17H,15-16H2,1-2H3. The Hall–Kier alpha value is -3.80. The van der Waals surface area contributed by atoms with E-state index in [4.69, 9.17) is 18.9 Å². The van der Waals surface area contributed by atoms with E-state index in [-0.39, 0.29) is 6.61 Å². The van der Waals surface area contributed by atoms with Crippen molar-refractivity contribution in [2.24, 2.45) is 0 Å². The van der Waals surface area contributed by atoms with Crippen LogP contribution in [0, 0.1) is 0 Å². The zero-order chi connectivity index (χ0) is 21.2. The lowest BCUT2D eigenvalue weighted by Gasteiger charge is -2.13. The smallest absolute Gasteiger partial charge is 0.341 e. The molecule has 0 atom stereocenters. The van der Waals surface area contributed by atoms with Gasteiger partial charge >= 0.3 is 5.97 Å². The number of ether oxygens (including phenoxy) is 4. The van der Waals surface area contributed by atoms with E-state index >= 15 is 0 Å². The Morgan fingerprint density at radius 1 is 0.900 bits per heavy atom. The number of carbonyl (C=O) groups excluding carboxylic acids is 1. The number of nitrogens with zero attached hydrogens (tertiary/aromatic N) is 1. The summed E-state index contributed by atoms with van der Waals surface area (Å²) in [6.07, 6.45) is 3.10. The summed E-state index contributed by atoms with van der Waals surface area (Å²) in [5, 5.41) is 0. The molecule has 0 bridgehead atoms. The second kappa shape index (κ2) is 10.7. The minimum absolute atomic E-state index is 0.262. The van der Waals surface area contributed by atoms with Gasteiger partial charge in [0, 0.05) is 12.3 Å². The van der Waals surface area contributed by atoms with Gasteiger partial charge in [0.25, 0.3) is 0 Å². The largest absolute Gasteiger partial charge is 0.503 e. The van der Waals surface area contributed by atoms with E-state index in [9.17, 15) is 4.79 Å². The fourth-order valence-corrected chi connectivity index (χ4v) is 2.81. The molecule has 0 unspecified atom stereocenters. The predicted molar refractivity (Wildman–Crippen MR) is 113 cm³/mol. The van der Waals surface area contributed by atoms with Crippen molar-refractivity contribution in [3.05, 3.63) is 96.0 Å². The average molecular weight is 405 g/mol. The van der Waals surface area contributed by atoms with E-state index < -0.39 is 5.97 Å². The highest BCUT2D eigenvalue weighted by Gasteiger charge is 2.17. The molecule has 154 valence electrons. The van der Waals surface area contributed by atoms with Gasteiger partial charge in [-0.05, 0) is 35.4 Å². The summed E-state index contributed by atoms with van der Waals surface area (Å²) in [6, 6.07) is 20.5. The van der Waals surface area contributed by atoms with Gasteiger partial charge in [-0.15, -0.1) is 0 Å². The Morgan fingerprint density at radius 3 is 2.33 bits per heavy atom. The van der Waals surface area contributed by atoms with Gasteiger partial charge < -0.3 is 18.9 Å². The Morgan fingerprint density at radius 2 is 1.63 bits per heavy atom. The molecule has 0 aliphatic rings. The molecule has 0 N–H and O–H groups in total. The number of methoxy groups -OCH3 is 2. The Kier molecular flexibility index (Phi) is 7.44. The van der Waals surface area contributed by atoms with E-state index in [2.05, 4.69) is 4.98 Å². The average Bonchev–Trinajstić information content (AvgIpc) is 2.80. The zero-order valence-electron chi connectivity index (χ0n) is 16.9. The summed E-state index contributed by atoms with van der Waals surface area (Å²) in [7, 11) is 2.82. The minimum atomic E-state index is -0.478. The molecule has 3 aromatic rings. The van der Waals surface area contributed by atoms with E-state index in [1.54, 1.807) is 6.20 Å². The monoisotopic (exact) mass is 405 g/mol. The van der Waals surface area contributed by atoms with Crippen LogP contribution >= 0.6 is 0 Å². The van der Waals surface area contributed by atoms with Crippen molar-refractivity contribution < 1.29 is 23.7 Å². The number of esters is 1. The van der Waals surface area contributed by atoms with Crippen LogP contribution in [0.3, 0.4) is 0 Å². The number of rotatable bonds is 9. The first-order chi connectivity index (χ1) is 14.7. The van der Waals surface area contributed by atoms with Crippen molar-refractivity contribution in [3.63, 3.8) is 0 Å². The van der Waals surface area contributed by atoms with Gasteiger partial charge in [0.2, 0.25) is 0 Å². The van der Waals surface area contributed by atoms with Crippen molar-refractivity contribution in [3.8, 4) is 11.5 Å². The summed E-state index contributed by atoms with van der Waals surface area (Å²) < 4.78 is 21.7. The normalized spacial score (nSPS) is 10.9. The highest BCUT2D eigenvalue weighted by Crippen LogP contribution is 2.25. The third-order valence-electron chi connectivity index (χ3n) is 4.26. The quantitative estimate of drug-likeness (QED) is 0.299. The van der Waals surface area contributed by atoms with Gasteiger partial charge in [-0.3, -0.25) is 4.98 Å². The highest BCUT2D eigenvalue weighted by molar-refractivity contribution is 6.16. The molecular formula is C24H23NO5. The maximum absolute atomic E-state index is 12.1. The number of benzene rings is 2. The fourth-order valence-electron chi connectivity index (χ4n) is 2.81. The van der Waals surface area contributed by atoms with Gasteiger partial charge in [0.1, 0.15) is 30.3 Å². The topological polar surface area (TPSA) is 66.9 Å². The molecule has 1 aromatic heterocycles. The number of carbonyl (C=O) groups is 1. The molecule has 0 saturated heterocycles. The van der Waals surface area contributed by atoms with Gasteiger partial charge in [-0.25, -0.2) is 4.79 Å². The number of hydrogen-bond acceptors (Lipinski definition) is 6. The summed E-state index contributed by atoms with van der Waals surface area (Å²) in [6.45, 7) is 0.634. The van der Waals surface area contributed by atoms with Crippen molar-refractivity contribution >= 4 is 11.5 Å². The van der Waals surface area contributed by atoms with Crippen molar-refractivity contribution in [2.45, 2.75) is 13.2 Å². The second-order valence-corrected chi connectivity index (χ2v) is 6.29. The molecule has 6 nitrogen and oxygen atoms in total. The van der Waals surface area contributed by atoms with Gasteiger partial charge in [-0.2, -0.15) is 0 Å². The lowest BCUT2D eigenvalue weighted by molar-refractivity contribution is -0.133. The molecule has 0 aliphatic carbocycles. The Bertz CT molecular complexity index is 1000. The van der Waals surface area contributed by atoms with Gasteiger partial charge in [-0.1, -0.05) is 36.4 Å². The van der Waals surface area contributed by atoms with Crippen molar-refractivity contribution in [1.82, 2.24) is 4.98 Å². The van der Waals surface area contributed by atoms with Gasteiger partial charge in [0.05, 0.1) is 26.2 Å². The van der Waals surface area contributed by atoms with Gasteiger partial charge in [0.15, 0.2) is 0 Å². The molecule has 30 heavy (non-hydrogen) atoms. The van der Waals surface area contributed by atoms with Crippen LogP contribution in [-0.4, -0.2) is 25.2 Å². The lowest BCUT2D eigenvalue weighted by Crippen LogP contribution is -2.08. The Labute approximate surface area is 175 Å². The van der Waals surface area contributed by atoms with Crippen LogP contribution in [0.2, 0.25) is 0 Å². The van der Waals surface area contributed by atoms with E-state index in [0.29, 0.717) is 29.2 Å². The predicted octanol–water partition coefficient (Wildman–Crippen LogP) is 4.40. The second-order valence-electron chi connectivity index (χ2n) is 6.29. The first-order valence-corrected chi connectivity index (χ1v) is 9.36.